The van der Waals surface area contributed by atoms with Gasteiger partial charge >= 0.3 is 0 Å². The summed E-state index contributed by atoms with van der Waals surface area (Å²) < 4.78 is 19.3. The van der Waals surface area contributed by atoms with Crippen LogP contribution in [0, 0.1) is 5.82 Å². The maximum absolute atomic E-state index is 13.7. The lowest BCUT2D eigenvalue weighted by molar-refractivity contribution is -0.134. The fourth-order valence-corrected chi connectivity index (χ4v) is 2.11. The molecule has 4 nitrogen and oxygen atoms in total. The van der Waals surface area contributed by atoms with Crippen LogP contribution < -0.4 is 5.73 Å². The molecule has 0 saturated carbocycles. The summed E-state index contributed by atoms with van der Waals surface area (Å²) in [6, 6.07) is 3.92. The van der Waals surface area contributed by atoms with E-state index in [2.05, 4.69) is 15.9 Å². The van der Waals surface area contributed by atoms with Crippen LogP contribution in [0.3, 0.4) is 0 Å². The predicted molar refractivity (Wildman–Crippen MR) is 82.3 cm³/mol. The van der Waals surface area contributed by atoms with Gasteiger partial charge in [-0.3, -0.25) is 4.79 Å². The molecule has 1 unspecified atom stereocenters. The average Bonchev–Trinajstić information content (AvgIpc) is 2.39. The van der Waals surface area contributed by atoms with Gasteiger partial charge in [-0.05, 0) is 25.1 Å². The Labute approximate surface area is 133 Å². The Hall–Kier alpha value is -0.690. The molecule has 0 fully saturated rings. The molecule has 1 amide bonds. The molecule has 1 aromatic carbocycles. The molecule has 7 heteroatoms. The van der Waals surface area contributed by atoms with Crippen molar-refractivity contribution in [1.82, 2.24) is 4.90 Å². The van der Waals surface area contributed by atoms with Gasteiger partial charge in [0.25, 0.3) is 0 Å². The summed E-state index contributed by atoms with van der Waals surface area (Å²) >= 11 is 3.28. The van der Waals surface area contributed by atoms with Gasteiger partial charge in [0.1, 0.15) is 11.9 Å². The largest absolute Gasteiger partial charge is 0.383 e. The molecule has 1 atom stereocenters. The summed E-state index contributed by atoms with van der Waals surface area (Å²) in [4.78, 5) is 13.6. The number of rotatable bonds is 6. The zero-order valence-corrected chi connectivity index (χ0v) is 13.8. The van der Waals surface area contributed by atoms with Gasteiger partial charge in [-0.1, -0.05) is 15.9 Å². The standard InChI is InChI=1S/C13H18BrFN2O2.ClH/c1-3-17(13(18)12(16)8-19-2)7-9-6-10(14)4-5-11(9)15;/h4-6,12H,3,7-8,16H2,1-2H3;1H. The monoisotopic (exact) mass is 368 g/mol. The van der Waals surface area contributed by atoms with Crippen molar-refractivity contribution in [1.29, 1.82) is 0 Å². The molecule has 1 rings (SSSR count). The maximum atomic E-state index is 13.7. The Morgan fingerprint density at radius 1 is 1.55 bits per heavy atom. The number of amides is 1. The van der Waals surface area contributed by atoms with Crippen LogP contribution >= 0.6 is 28.3 Å². The van der Waals surface area contributed by atoms with Gasteiger partial charge in [0.05, 0.1) is 6.61 Å². The normalized spacial score (nSPS) is 11.7. The third-order valence-corrected chi connectivity index (χ3v) is 3.22. The van der Waals surface area contributed by atoms with Gasteiger partial charge < -0.3 is 15.4 Å². The predicted octanol–water partition coefficient (Wildman–Crippen LogP) is 2.33. The van der Waals surface area contributed by atoms with Crippen LogP contribution in [0.25, 0.3) is 0 Å². The number of hydrogen-bond acceptors (Lipinski definition) is 3. The van der Waals surface area contributed by atoms with Gasteiger partial charge in [0, 0.05) is 30.2 Å². The van der Waals surface area contributed by atoms with Crippen molar-refractivity contribution in [2.75, 3.05) is 20.3 Å². The van der Waals surface area contributed by atoms with E-state index in [4.69, 9.17) is 10.5 Å². The van der Waals surface area contributed by atoms with E-state index in [1.54, 1.807) is 12.1 Å². The van der Waals surface area contributed by atoms with E-state index < -0.39 is 6.04 Å². The molecular formula is C13H19BrClFN2O2. The minimum absolute atomic E-state index is 0. The SMILES string of the molecule is CCN(Cc1cc(Br)ccc1F)C(=O)C(N)COC.Cl. The van der Waals surface area contributed by atoms with Crippen molar-refractivity contribution in [3.05, 3.63) is 34.1 Å². The molecule has 0 spiro atoms. The van der Waals surface area contributed by atoms with Gasteiger partial charge in [-0.15, -0.1) is 12.4 Å². The number of carbonyl (C=O) groups excluding carboxylic acids is 1. The van der Waals surface area contributed by atoms with E-state index in [0.717, 1.165) is 4.47 Å². The van der Waals surface area contributed by atoms with Crippen LogP contribution in [0.15, 0.2) is 22.7 Å². The van der Waals surface area contributed by atoms with E-state index in [1.165, 1.54) is 18.1 Å². The smallest absolute Gasteiger partial charge is 0.242 e. The minimum atomic E-state index is -0.722. The molecule has 0 radical (unpaired) electrons. The second-order valence-electron chi connectivity index (χ2n) is 4.15. The van der Waals surface area contributed by atoms with Crippen molar-refractivity contribution in [2.24, 2.45) is 5.73 Å². The molecule has 0 aliphatic rings. The summed E-state index contributed by atoms with van der Waals surface area (Å²) in [6.07, 6.45) is 0. The number of carbonyl (C=O) groups is 1. The third kappa shape index (κ3) is 5.36. The van der Waals surface area contributed by atoms with Crippen LogP contribution in [0.5, 0.6) is 0 Å². The molecule has 0 aliphatic heterocycles. The van der Waals surface area contributed by atoms with Gasteiger partial charge in [0.15, 0.2) is 0 Å². The van der Waals surface area contributed by atoms with E-state index in [0.29, 0.717) is 12.1 Å². The van der Waals surface area contributed by atoms with Crippen LogP contribution in [0.1, 0.15) is 12.5 Å². The fourth-order valence-electron chi connectivity index (χ4n) is 1.70. The first-order valence-electron chi connectivity index (χ1n) is 5.96. The summed E-state index contributed by atoms with van der Waals surface area (Å²) in [6.45, 7) is 2.63. The van der Waals surface area contributed by atoms with Crippen molar-refractivity contribution in [2.45, 2.75) is 19.5 Å². The van der Waals surface area contributed by atoms with Crippen molar-refractivity contribution in [3.63, 3.8) is 0 Å². The molecule has 0 saturated heterocycles. The number of likely N-dealkylation sites (N-methyl/N-ethyl adjacent to an activating group) is 1. The van der Waals surface area contributed by atoms with Crippen LogP contribution in [-0.4, -0.2) is 37.1 Å². The zero-order chi connectivity index (χ0) is 14.4. The van der Waals surface area contributed by atoms with Crippen LogP contribution in [0.4, 0.5) is 4.39 Å². The lowest BCUT2D eigenvalue weighted by Gasteiger charge is -2.24. The van der Waals surface area contributed by atoms with Crippen LogP contribution in [-0.2, 0) is 16.1 Å². The summed E-state index contributed by atoms with van der Waals surface area (Å²) in [5.41, 5.74) is 6.16. The van der Waals surface area contributed by atoms with Gasteiger partial charge in [-0.2, -0.15) is 0 Å². The zero-order valence-electron chi connectivity index (χ0n) is 11.4. The highest BCUT2D eigenvalue weighted by Gasteiger charge is 2.20. The highest BCUT2D eigenvalue weighted by molar-refractivity contribution is 9.10. The highest BCUT2D eigenvalue weighted by Crippen LogP contribution is 2.17. The van der Waals surface area contributed by atoms with E-state index in [-0.39, 0.29) is 37.3 Å². The topological polar surface area (TPSA) is 55.6 Å². The van der Waals surface area contributed by atoms with Crippen molar-refractivity contribution >= 4 is 34.2 Å². The number of halogens is 3. The summed E-state index contributed by atoms with van der Waals surface area (Å²) in [5, 5.41) is 0. The van der Waals surface area contributed by atoms with E-state index in [9.17, 15) is 9.18 Å². The van der Waals surface area contributed by atoms with Crippen molar-refractivity contribution in [3.8, 4) is 0 Å². The van der Waals surface area contributed by atoms with Gasteiger partial charge in [0.2, 0.25) is 5.91 Å². The summed E-state index contributed by atoms with van der Waals surface area (Å²) in [7, 11) is 1.48. The second kappa shape index (κ2) is 9.28. The molecule has 0 aliphatic carbocycles. The average molecular weight is 370 g/mol. The molecule has 0 heterocycles. The fraction of sp³-hybridized carbons (Fsp3) is 0.462. The Morgan fingerprint density at radius 2 is 2.20 bits per heavy atom. The minimum Gasteiger partial charge on any atom is -0.383 e. The molecule has 2 N–H and O–H groups in total. The molecule has 0 bridgehead atoms. The number of methoxy groups -OCH3 is 1. The Balaban J connectivity index is 0.00000361. The Kier molecular flexibility index (Phi) is 8.96. The lowest BCUT2D eigenvalue weighted by Crippen LogP contribution is -2.45. The molecule has 0 aromatic heterocycles. The van der Waals surface area contributed by atoms with E-state index in [1.807, 2.05) is 6.92 Å². The van der Waals surface area contributed by atoms with Crippen LogP contribution in [0.2, 0.25) is 0 Å². The second-order valence-corrected chi connectivity index (χ2v) is 5.07. The Bertz CT molecular complexity index is 448. The summed E-state index contributed by atoms with van der Waals surface area (Å²) in [5.74, 6) is -0.585. The lowest BCUT2D eigenvalue weighted by atomic mass is 10.2. The Morgan fingerprint density at radius 3 is 2.75 bits per heavy atom. The number of nitrogens with zero attached hydrogens (tertiary/aromatic N) is 1. The number of ether oxygens (including phenoxy) is 1. The van der Waals surface area contributed by atoms with Crippen molar-refractivity contribution < 1.29 is 13.9 Å². The molecule has 1 aromatic rings. The number of nitrogens with two attached hydrogens (primary N) is 1. The third-order valence-electron chi connectivity index (χ3n) is 2.73. The quantitative estimate of drug-likeness (QED) is 0.837. The highest BCUT2D eigenvalue weighted by atomic mass is 79.9. The first kappa shape index (κ1) is 19.3. The van der Waals surface area contributed by atoms with E-state index >= 15 is 0 Å². The molecule has 20 heavy (non-hydrogen) atoms. The number of benzene rings is 1. The maximum Gasteiger partial charge on any atom is 0.242 e. The molecular weight excluding hydrogens is 351 g/mol. The first-order valence-corrected chi connectivity index (χ1v) is 6.76. The number of hydrogen-bond donors (Lipinski definition) is 1. The first-order chi connectivity index (χ1) is 8.99. The molecule has 114 valence electrons. The van der Waals surface area contributed by atoms with Gasteiger partial charge in [-0.25, -0.2) is 4.39 Å².